The fourth-order valence-electron chi connectivity index (χ4n) is 1.86. The van der Waals surface area contributed by atoms with Crippen molar-refractivity contribution in [1.82, 2.24) is 4.72 Å². The van der Waals surface area contributed by atoms with Crippen molar-refractivity contribution in [2.75, 3.05) is 0 Å². The van der Waals surface area contributed by atoms with Crippen LogP contribution in [0.5, 0.6) is 0 Å². The maximum absolute atomic E-state index is 12.3. The highest BCUT2D eigenvalue weighted by Gasteiger charge is 2.21. The molecule has 108 valence electrons. The summed E-state index contributed by atoms with van der Waals surface area (Å²) in [6.45, 7) is 4.27. The third-order valence-corrected chi connectivity index (χ3v) is 4.97. The van der Waals surface area contributed by atoms with Crippen molar-refractivity contribution in [3.05, 3.63) is 28.8 Å². The number of benzene rings is 1. The Morgan fingerprint density at radius 2 is 2.05 bits per heavy atom. The molecule has 1 aromatic carbocycles. The van der Waals surface area contributed by atoms with Gasteiger partial charge in [0.05, 0.1) is 5.02 Å². The van der Waals surface area contributed by atoms with E-state index in [-0.39, 0.29) is 22.5 Å². The standard InChI is InChI=1S/C13H21ClN2O2S/c1-3-5-11(4-2)16-19(17,18)13-8-10(9-15)6-7-12(13)14/h6-8,11,16H,3-5,9,15H2,1-2H3. The van der Waals surface area contributed by atoms with E-state index in [1.165, 1.54) is 6.07 Å². The van der Waals surface area contributed by atoms with Crippen LogP contribution in [-0.4, -0.2) is 14.5 Å². The molecule has 6 heteroatoms. The van der Waals surface area contributed by atoms with E-state index in [0.717, 1.165) is 24.8 Å². The van der Waals surface area contributed by atoms with Gasteiger partial charge in [0.15, 0.2) is 0 Å². The molecule has 0 radical (unpaired) electrons. The van der Waals surface area contributed by atoms with Gasteiger partial charge in [-0.1, -0.05) is 37.9 Å². The van der Waals surface area contributed by atoms with E-state index >= 15 is 0 Å². The highest BCUT2D eigenvalue weighted by molar-refractivity contribution is 7.89. The summed E-state index contributed by atoms with van der Waals surface area (Å²) < 4.78 is 27.4. The molecule has 4 nitrogen and oxygen atoms in total. The van der Waals surface area contributed by atoms with Crippen molar-refractivity contribution in [1.29, 1.82) is 0 Å². The second kappa shape index (κ2) is 7.24. The normalized spacial score (nSPS) is 13.5. The number of sulfonamides is 1. The molecular formula is C13H21ClN2O2S. The van der Waals surface area contributed by atoms with E-state index < -0.39 is 10.0 Å². The highest BCUT2D eigenvalue weighted by Crippen LogP contribution is 2.23. The Morgan fingerprint density at radius 3 is 2.58 bits per heavy atom. The van der Waals surface area contributed by atoms with E-state index in [4.69, 9.17) is 17.3 Å². The Hall–Kier alpha value is -0.620. The van der Waals surface area contributed by atoms with Crippen LogP contribution >= 0.6 is 11.6 Å². The maximum Gasteiger partial charge on any atom is 0.242 e. The SMILES string of the molecule is CCCC(CC)NS(=O)(=O)c1cc(CN)ccc1Cl. The van der Waals surface area contributed by atoms with Crippen LogP contribution in [-0.2, 0) is 16.6 Å². The van der Waals surface area contributed by atoms with Gasteiger partial charge in [0.1, 0.15) is 4.90 Å². The topological polar surface area (TPSA) is 72.2 Å². The Labute approximate surface area is 120 Å². The third-order valence-electron chi connectivity index (χ3n) is 2.97. The number of nitrogens with two attached hydrogens (primary N) is 1. The second-order valence-corrected chi connectivity index (χ2v) is 6.57. The number of halogens is 1. The van der Waals surface area contributed by atoms with Crippen molar-refractivity contribution in [2.24, 2.45) is 5.73 Å². The fourth-order valence-corrected chi connectivity index (χ4v) is 3.76. The van der Waals surface area contributed by atoms with Crippen LogP contribution in [0.25, 0.3) is 0 Å². The van der Waals surface area contributed by atoms with E-state index in [2.05, 4.69) is 4.72 Å². The van der Waals surface area contributed by atoms with Gasteiger partial charge in [-0.05, 0) is 30.5 Å². The van der Waals surface area contributed by atoms with Gasteiger partial charge in [-0.15, -0.1) is 0 Å². The molecule has 0 aliphatic carbocycles. The Balaban J connectivity index is 3.05. The highest BCUT2D eigenvalue weighted by atomic mass is 35.5. The third kappa shape index (κ3) is 4.45. The molecule has 0 saturated carbocycles. The van der Waals surface area contributed by atoms with Gasteiger partial charge < -0.3 is 5.73 Å². The van der Waals surface area contributed by atoms with E-state index in [1.54, 1.807) is 12.1 Å². The second-order valence-electron chi connectivity index (χ2n) is 4.48. The molecule has 19 heavy (non-hydrogen) atoms. The fraction of sp³-hybridized carbons (Fsp3) is 0.538. The predicted molar refractivity (Wildman–Crippen MR) is 78.7 cm³/mol. The quantitative estimate of drug-likeness (QED) is 0.813. The van der Waals surface area contributed by atoms with Crippen LogP contribution in [0.15, 0.2) is 23.1 Å². The summed E-state index contributed by atoms with van der Waals surface area (Å²) in [5.74, 6) is 0. The van der Waals surface area contributed by atoms with Crippen molar-refractivity contribution >= 4 is 21.6 Å². The van der Waals surface area contributed by atoms with Crippen LogP contribution < -0.4 is 10.5 Å². The van der Waals surface area contributed by atoms with E-state index in [1.807, 2.05) is 13.8 Å². The summed E-state index contributed by atoms with van der Waals surface area (Å²) in [6, 6.07) is 4.76. The first-order valence-corrected chi connectivity index (χ1v) is 8.31. The molecule has 0 aliphatic heterocycles. The molecule has 3 N–H and O–H groups in total. The summed E-state index contributed by atoms with van der Waals surface area (Å²) in [5.41, 5.74) is 6.27. The van der Waals surface area contributed by atoms with Gasteiger partial charge in [0, 0.05) is 12.6 Å². The average Bonchev–Trinajstić information content (AvgIpc) is 2.38. The molecule has 1 aromatic rings. The zero-order chi connectivity index (χ0) is 14.5. The van der Waals surface area contributed by atoms with E-state index in [9.17, 15) is 8.42 Å². The van der Waals surface area contributed by atoms with E-state index in [0.29, 0.717) is 0 Å². The molecule has 0 bridgehead atoms. The first-order valence-electron chi connectivity index (χ1n) is 6.45. The zero-order valence-corrected chi connectivity index (χ0v) is 12.9. The van der Waals surface area contributed by atoms with Gasteiger partial charge in [-0.3, -0.25) is 0 Å². The lowest BCUT2D eigenvalue weighted by molar-refractivity contribution is 0.512. The predicted octanol–water partition coefficient (Wildman–Crippen LogP) is 2.66. The van der Waals surface area contributed by atoms with Crippen LogP contribution in [0.3, 0.4) is 0 Å². The van der Waals surface area contributed by atoms with Crippen molar-refractivity contribution in [3.63, 3.8) is 0 Å². The Morgan fingerprint density at radius 1 is 1.37 bits per heavy atom. The largest absolute Gasteiger partial charge is 0.326 e. The molecule has 1 atom stereocenters. The molecule has 1 unspecified atom stereocenters. The number of nitrogens with one attached hydrogen (secondary N) is 1. The maximum atomic E-state index is 12.3. The number of hydrogen-bond acceptors (Lipinski definition) is 3. The Kier molecular flexibility index (Phi) is 6.26. The average molecular weight is 305 g/mol. The first-order chi connectivity index (χ1) is 8.94. The zero-order valence-electron chi connectivity index (χ0n) is 11.3. The van der Waals surface area contributed by atoms with Crippen LogP contribution in [0.4, 0.5) is 0 Å². The molecule has 0 aliphatic rings. The van der Waals surface area contributed by atoms with Crippen LogP contribution in [0.2, 0.25) is 5.02 Å². The first kappa shape index (κ1) is 16.4. The molecule has 0 fully saturated rings. The molecular weight excluding hydrogens is 284 g/mol. The van der Waals surface area contributed by atoms with Crippen molar-refractivity contribution in [3.8, 4) is 0 Å². The lowest BCUT2D eigenvalue weighted by atomic mass is 10.1. The summed E-state index contributed by atoms with van der Waals surface area (Å²) in [7, 11) is -3.59. The minimum absolute atomic E-state index is 0.0624. The summed E-state index contributed by atoms with van der Waals surface area (Å²) in [5, 5.41) is 0.219. The van der Waals surface area contributed by atoms with Crippen molar-refractivity contribution < 1.29 is 8.42 Å². The molecule has 1 rings (SSSR count). The molecule has 0 spiro atoms. The van der Waals surface area contributed by atoms with Gasteiger partial charge in [-0.2, -0.15) is 0 Å². The van der Waals surface area contributed by atoms with Crippen LogP contribution in [0.1, 0.15) is 38.7 Å². The lowest BCUT2D eigenvalue weighted by Gasteiger charge is -2.17. The number of hydrogen-bond donors (Lipinski definition) is 2. The van der Waals surface area contributed by atoms with Gasteiger partial charge in [0.2, 0.25) is 10.0 Å². The molecule has 0 heterocycles. The molecule has 0 aromatic heterocycles. The summed E-state index contributed by atoms with van der Waals surface area (Å²) in [4.78, 5) is 0.103. The monoisotopic (exact) mass is 304 g/mol. The van der Waals surface area contributed by atoms with Crippen molar-refractivity contribution in [2.45, 2.75) is 50.6 Å². The summed E-state index contributed by atoms with van der Waals surface area (Å²) in [6.07, 6.45) is 2.49. The van der Waals surface area contributed by atoms with Gasteiger partial charge in [0.25, 0.3) is 0 Å². The molecule has 0 amide bonds. The molecule has 0 saturated heterocycles. The minimum Gasteiger partial charge on any atom is -0.326 e. The smallest absolute Gasteiger partial charge is 0.242 e. The Bertz CT molecular complexity index is 517. The minimum atomic E-state index is -3.59. The number of rotatable bonds is 7. The van der Waals surface area contributed by atoms with Gasteiger partial charge >= 0.3 is 0 Å². The van der Waals surface area contributed by atoms with Crippen LogP contribution in [0, 0.1) is 0 Å². The summed E-state index contributed by atoms with van der Waals surface area (Å²) >= 11 is 5.98. The lowest BCUT2D eigenvalue weighted by Crippen LogP contribution is -2.34. The van der Waals surface area contributed by atoms with Gasteiger partial charge in [-0.25, -0.2) is 13.1 Å².